The molecule has 1 atom stereocenters. The summed E-state index contributed by atoms with van der Waals surface area (Å²) in [5, 5.41) is 45.5. The molecule has 0 aromatic carbocycles. The molecule has 15 heteroatoms. The molecule has 37 heavy (non-hydrogen) atoms. The van der Waals surface area contributed by atoms with E-state index in [4.69, 9.17) is 21.6 Å². The van der Waals surface area contributed by atoms with Crippen LogP contribution < -0.4 is 15.2 Å². The van der Waals surface area contributed by atoms with E-state index in [0.717, 1.165) is 16.4 Å². The Balaban J connectivity index is 1.38. The molecular formula is C22H27ClFN7O5S. The zero-order valence-corrected chi connectivity index (χ0v) is 21.3. The summed E-state index contributed by atoms with van der Waals surface area (Å²) < 4.78 is 23.9. The molecule has 0 bridgehead atoms. The maximum atomic E-state index is 14.8. The fourth-order valence-corrected chi connectivity index (χ4v) is 5.29. The van der Waals surface area contributed by atoms with Crippen molar-refractivity contribution in [3.05, 3.63) is 45.6 Å². The van der Waals surface area contributed by atoms with Crippen LogP contribution in [0.25, 0.3) is 0 Å². The van der Waals surface area contributed by atoms with Gasteiger partial charge in [-0.05, 0) is 37.8 Å². The van der Waals surface area contributed by atoms with Gasteiger partial charge in [0.25, 0.3) is 5.56 Å². The number of aliphatic hydroxyl groups is 3. The molecule has 4 N–H and O–H groups in total. The molecular weight excluding hydrogens is 529 g/mol. The van der Waals surface area contributed by atoms with Crippen molar-refractivity contribution in [1.29, 1.82) is 5.26 Å². The van der Waals surface area contributed by atoms with Crippen LogP contribution in [-0.2, 0) is 4.74 Å². The van der Waals surface area contributed by atoms with Crippen LogP contribution in [0.2, 0.25) is 5.02 Å². The lowest BCUT2D eigenvalue weighted by atomic mass is 9.99. The minimum atomic E-state index is -3.19. The van der Waals surface area contributed by atoms with Gasteiger partial charge in [0.05, 0.1) is 43.0 Å². The van der Waals surface area contributed by atoms with Gasteiger partial charge in [0.2, 0.25) is 0 Å². The Morgan fingerprint density at radius 3 is 2.70 bits per heavy atom. The molecule has 4 heterocycles. The maximum Gasteiger partial charge on any atom is 0.380 e. The molecule has 1 unspecified atom stereocenters. The van der Waals surface area contributed by atoms with Crippen LogP contribution in [-0.4, -0.2) is 79.0 Å². The lowest BCUT2D eigenvalue weighted by Gasteiger charge is -2.37. The summed E-state index contributed by atoms with van der Waals surface area (Å²) in [4.78, 5) is 16.8. The van der Waals surface area contributed by atoms with Gasteiger partial charge in [-0.3, -0.25) is 4.79 Å². The molecule has 0 spiro atoms. The molecule has 2 aliphatic heterocycles. The van der Waals surface area contributed by atoms with Gasteiger partial charge in [-0.2, -0.15) is 10.4 Å². The molecule has 12 nitrogen and oxygen atoms in total. The number of hydrogen-bond donors (Lipinski definition) is 4. The topological polar surface area (TPSA) is 160 Å². The van der Waals surface area contributed by atoms with Crippen molar-refractivity contribution in [2.75, 3.05) is 42.5 Å². The lowest BCUT2D eigenvalue weighted by Crippen LogP contribution is -2.48. The number of aromatic nitrogens is 3. The summed E-state index contributed by atoms with van der Waals surface area (Å²) in [6, 6.07) is 4.42. The summed E-state index contributed by atoms with van der Waals surface area (Å²) in [6.45, 7) is 1.32. The number of anilines is 2. The third-order valence-corrected chi connectivity index (χ3v) is 7.73. The highest BCUT2D eigenvalue weighted by atomic mass is 35.5. The van der Waals surface area contributed by atoms with Gasteiger partial charge in [0.1, 0.15) is 16.8 Å². The van der Waals surface area contributed by atoms with E-state index in [0.29, 0.717) is 45.4 Å². The van der Waals surface area contributed by atoms with E-state index in [9.17, 15) is 24.5 Å². The SMILES string of the molecule is N#Cc1ccc(N(SN2CCC(n3ncc(NCC4(F)CCCOC4)c(Cl)c3=O)CC2)C(O)(O)O)cn1. The quantitative estimate of drug-likeness (QED) is 0.274. The molecule has 2 saturated heterocycles. The Hall–Kier alpha value is -2.51. The Morgan fingerprint density at radius 1 is 1.35 bits per heavy atom. The van der Waals surface area contributed by atoms with Crippen LogP contribution in [0.1, 0.15) is 37.4 Å². The Labute approximate surface area is 221 Å². The first-order chi connectivity index (χ1) is 17.6. The standard InChI is InChI=1S/C22H27ClFN7O5S/c23-19-18(27-13-21(24)6-1-9-36-14-21)12-28-30(20(19)32)16-4-7-29(8-5-16)37-31(22(33,34)35)17-3-2-15(10-25)26-11-17/h2-3,11-12,16,27,33-35H,1,4-9,13-14H2. The second-order valence-electron chi connectivity index (χ2n) is 8.93. The van der Waals surface area contributed by atoms with Crippen LogP contribution in [0.4, 0.5) is 15.8 Å². The molecule has 2 aliphatic rings. The largest absolute Gasteiger partial charge is 0.380 e. The molecule has 2 fully saturated rings. The van der Waals surface area contributed by atoms with E-state index in [-0.39, 0.29) is 41.3 Å². The van der Waals surface area contributed by atoms with Crippen molar-refractivity contribution in [3.63, 3.8) is 0 Å². The number of piperidine rings is 1. The highest BCUT2D eigenvalue weighted by molar-refractivity contribution is 7.98. The Bertz CT molecular complexity index is 1180. The number of nitrogens with zero attached hydrogens (tertiary/aromatic N) is 6. The average molecular weight is 556 g/mol. The first kappa shape index (κ1) is 27.5. The van der Waals surface area contributed by atoms with Gasteiger partial charge in [-0.15, -0.1) is 0 Å². The number of ether oxygens (including phenoxy) is 1. The number of alkyl halides is 1. The summed E-state index contributed by atoms with van der Waals surface area (Å²) >= 11 is 7.17. The van der Waals surface area contributed by atoms with Crippen molar-refractivity contribution in [3.8, 4) is 6.07 Å². The molecule has 0 amide bonds. The molecule has 0 radical (unpaired) electrons. The number of nitrogens with one attached hydrogen (secondary N) is 1. The van der Waals surface area contributed by atoms with Gasteiger partial charge in [-0.1, -0.05) is 11.6 Å². The van der Waals surface area contributed by atoms with Crippen LogP contribution in [0.3, 0.4) is 0 Å². The average Bonchev–Trinajstić information content (AvgIpc) is 2.88. The summed E-state index contributed by atoms with van der Waals surface area (Å²) in [6.07, 6.45) is 1.43. The van der Waals surface area contributed by atoms with Crippen LogP contribution in [0.5, 0.6) is 0 Å². The van der Waals surface area contributed by atoms with E-state index in [2.05, 4.69) is 15.4 Å². The molecule has 4 rings (SSSR count). The third kappa shape index (κ3) is 6.68. The Kier molecular flexibility index (Phi) is 8.54. The van der Waals surface area contributed by atoms with Gasteiger partial charge in [0, 0.05) is 31.8 Å². The van der Waals surface area contributed by atoms with E-state index >= 15 is 0 Å². The number of hydrogen-bond acceptors (Lipinski definition) is 12. The Morgan fingerprint density at radius 2 is 2.11 bits per heavy atom. The molecule has 2 aromatic rings. The first-order valence-electron chi connectivity index (χ1n) is 11.6. The smallest absolute Gasteiger partial charge is 0.379 e. The van der Waals surface area contributed by atoms with E-state index in [1.165, 1.54) is 29.2 Å². The number of halogens is 2. The summed E-state index contributed by atoms with van der Waals surface area (Å²) in [7, 11) is 0. The van der Waals surface area contributed by atoms with Crippen LogP contribution in [0.15, 0.2) is 29.3 Å². The lowest BCUT2D eigenvalue weighted by molar-refractivity contribution is -0.300. The second-order valence-corrected chi connectivity index (χ2v) is 10.4. The van der Waals surface area contributed by atoms with Gasteiger partial charge < -0.3 is 25.4 Å². The monoisotopic (exact) mass is 555 g/mol. The van der Waals surface area contributed by atoms with Gasteiger partial charge in [-0.25, -0.2) is 22.7 Å². The fraction of sp³-hybridized carbons (Fsp3) is 0.545. The first-order valence-corrected chi connectivity index (χ1v) is 12.7. The zero-order valence-electron chi connectivity index (χ0n) is 19.8. The van der Waals surface area contributed by atoms with Crippen LogP contribution >= 0.6 is 23.7 Å². The van der Waals surface area contributed by atoms with E-state index in [1.807, 2.05) is 6.07 Å². The molecule has 200 valence electrons. The van der Waals surface area contributed by atoms with Crippen LogP contribution in [0, 0.1) is 11.3 Å². The fourth-order valence-electron chi connectivity index (χ4n) is 4.17. The van der Waals surface area contributed by atoms with E-state index in [1.54, 1.807) is 4.31 Å². The minimum absolute atomic E-state index is 0.0121. The van der Waals surface area contributed by atoms with Gasteiger partial charge >= 0.3 is 6.10 Å². The van der Waals surface area contributed by atoms with Crippen molar-refractivity contribution in [1.82, 2.24) is 19.1 Å². The molecule has 2 aromatic heterocycles. The highest BCUT2D eigenvalue weighted by Gasteiger charge is 2.35. The predicted molar refractivity (Wildman–Crippen MR) is 134 cm³/mol. The zero-order chi connectivity index (χ0) is 26.6. The minimum Gasteiger partial charge on any atom is -0.379 e. The van der Waals surface area contributed by atoms with Gasteiger partial charge in [0.15, 0.2) is 5.67 Å². The third-order valence-electron chi connectivity index (χ3n) is 6.15. The number of pyridine rings is 1. The maximum absolute atomic E-state index is 14.8. The van der Waals surface area contributed by atoms with Crippen molar-refractivity contribution in [2.24, 2.45) is 0 Å². The predicted octanol–water partition coefficient (Wildman–Crippen LogP) is 1.39. The molecule has 0 saturated carbocycles. The second kappa shape index (κ2) is 11.5. The van der Waals surface area contributed by atoms with Crippen molar-refractivity contribution < 1.29 is 24.4 Å². The van der Waals surface area contributed by atoms with Crippen molar-refractivity contribution in [2.45, 2.75) is 43.5 Å². The normalized spacial score (nSPS) is 21.4. The number of rotatable bonds is 8. The molecule has 0 aliphatic carbocycles. The van der Waals surface area contributed by atoms with Crippen molar-refractivity contribution >= 4 is 35.1 Å². The summed E-state index contributed by atoms with van der Waals surface area (Å²) in [5.74, 6) is 0. The number of nitriles is 1. The highest BCUT2D eigenvalue weighted by Crippen LogP contribution is 2.33. The van der Waals surface area contributed by atoms with E-state index < -0.39 is 17.3 Å². The summed E-state index contributed by atoms with van der Waals surface area (Å²) in [5.41, 5.74) is -1.45.